The van der Waals surface area contributed by atoms with Gasteiger partial charge in [-0.3, -0.25) is 0 Å². The first-order valence-corrected chi connectivity index (χ1v) is 3.05. The molecule has 7 heavy (non-hydrogen) atoms. The van der Waals surface area contributed by atoms with Crippen LogP contribution in [-0.4, -0.2) is 15.9 Å². The van der Waals surface area contributed by atoms with Crippen molar-refractivity contribution in [2.24, 2.45) is 0 Å². The lowest BCUT2D eigenvalue weighted by Gasteiger charge is -2.03. The molecule has 1 aliphatic rings. The van der Waals surface area contributed by atoms with Crippen molar-refractivity contribution >= 4 is 9.24 Å². The molecule has 0 bridgehead atoms. The molecule has 1 aliphatic carbocycles. The van der Waals surface area contributed by atoms with Crippen molar-refractivity contribution in [1.82, 2.24) is 0 Å². The van der Waals surface area contributed by atoms with Gasteiger partial charge < -0.3 is 5.11 Å². The van der Waals surface area contributed by atoms with Crippen LogP contribution in [-0.2, 0) is 0 Å². The summed E-state index contributed by atoms with van der Waals surface area (Å²) in [5.41, 5.74) is -0.391. The van der Waals surface area contributed by atoms with Crippen molar-refractivity contribution in [2.75, 3.05) is 0 Å². The van der Waals surface area contributed by atoms with Crippen LogP contribution in [0.15, 0.2) is 0 Å². The molecule has 1 fully saturated rings. The molecule has 42 valence electrons. The first-order valence-electron chi connectivity index (χ1n) is 2.47. The Bertz CT molecular complexity index is 84.3. The van der Waals surface area contributed by atoms with Gasteiger partial charge in [-0.1, -0.05) is 6.92 Å². The second kappa shape index (κ2) is 1.04. The van der Waals surface area contributed by atoms with Crippen LogP contribution in [0.5, 0.6) is 0 Å². The maximum absolute atomic E-state index is 9.14. The number of hydrogen-bond donors (Lipinski definition) is 1. The third-order valence-corrected chi connectivity index (χ3v) is 2.64. The molecule has 3 atom stereocenters. The molecule has 1 rings (SSSR count). The molecule has 0 aliphatic heterocycles. The van der Waals surface area contributed by atoms with Gasteiger partial charge in [0.25, 0.3) is 0 Å². The highest BCUT2D eigenvalue weighted by atomic mass is 31.0. The van der Waals surface area contributed by atoms with Gasteiger partial charge in [0.05, 0.1) is 5.60 Å². The van der Waals surface area contributed by atoms with E-state index in [2.05, 4.69) is 9.24 Å². The van der Waals surface area contributed by atoms with Crippen LogP contribution in [0.1, 0.15) is 20.3 Å². The summed E-state index contributed by atoms with van der Waals surface area (Å²) >= 11 is 0. The second-order valence-electron chi connectivity index (χ2n) is 2.87. The third kappa shape index (κ3) is 0.687. The molecule has 1 saturated carbocycles. The van der Waals surface area contributed by atoms with Crippen molar-refractivity contribution < 1.29 is 5.11 Å². The minimum absolute atomic E-state index is 0.118. The zero-order valence-corrected chi connectivity index (χ0v) is 5.89. The van der Waals surface area contributed by atoms with Crippen molar-refractivity contribution in [3.63, 3.8) is 0 Å². The maximum Gasteiger partial charge on any atom is 0.0717 e. The van der Waals surface area contributed by atoms with E-state index >= 15 is 0 Å². The SMILES string of the molecule is CC1(O)CC1(C)P. The van der Waals surface area contributed by atoms with Gasteiger partial charge in [-0.25, -0.2) is 0 Å². The van der Waals surface area contributed by atoms with Gasteiger partial charge in [-0.15, -0.1) is 9.24 Å². The molecule has 0 heterocycles. The predicted molar refractivity (Wildman–Crippen MR) is 33.4 cm³/mol. The summed E-state index contributed by atoms with van der Waals surface area (Å²) in [6, 6.07) is 0. The molecule has 0 spiro atoms. The van der Waals surface area contributed by atoms with Crippen molar-refractivity contribution in [2.45, 2.75) is 31.0 Å². The molecule has 2 heteroatoms. The molecule has 0 amide bonds. The van der Waals surface area contributed by atoms with Crippen molar-refractivity contribution in [3.05, 3.63) is 0 Å². The molecule has 3 unspecified atom stereocenters. The molecule has 0 aromatic carbocycles. The minimum Gasteiger partial charge on any atom is -0.389 e. The van der Waals surface area contributed by atoms with Crippen LogP contribution in [0.3, 0.4) is 0 Å². The normalized spacial score (nSPS) is 60.0. The molecule has 0 radical (unpaired) electrons. The largest absolute Gasteiger partial charge is 0.389 e. The van der Waals surface area contributed by atoms with Crippen LogP contribution < -0.4 is 0 Å². The van der Waals surface area contributed by atoms with E-state index in [1.54, 1.807) is 0 Å². The first-order chi connectivity index (χ1) is 2.96. The van der Waals surface area contributed by atoms with Gasteiger partial charge in [-0.2, -0.15) is 0 Å². The number of aliphatic hydroxyl groups is 1. The standard InChI is InChI=1S/C5H11OP/c1-4(6)3-5(4,2)7/h6H,3,7H2,1-2H3. The summed E-state index contributed by atoms with van der Waals surface area (Å²) in [5, 5.41) is 9.26. The second-order valence-corrected chi connectivity index (χ2v) is 4.14. The van der Waals surface area contributed by atoms with E-state index in [1.165, 1.54) is 0 Å². The smallest absolute Gasteiger partial charge is 0.0717 e. The van der Waals surface area contributed by atoms with Gasteiger partial charge >= 0.3 is 0 Å². The lowest BCUT2D eigenvalue weighted by Crippen LogP contribution is -2.10. The molecule has 1 nitrogen and oxygen atoms in total. The van der Waals surface area contributed by atoms with Crippen LogP contribution in [0.2, 0.25) is 0 Å². The third-order valence-electron chi connectivity index (χ3n) is 1.82. The predicted octanol–water partition coefficient (Wildman–Crippen LogP) is 0.775. The average Bonchev–Trinajstić information content (AvgIpc) is 1.63. The Labute approximate surface area is 46.3 Å². The molecule has 0 aromatic rings. The van der Waals surface area contributed by atoms with Gasteiger partial charge in [0.1, 0.15) is 0 Å². The van der Waals surface area contributed by atoms with Crippen LogP contribution >= 0.6 is 9.24 Å². The van der Waals surface area contributed by atoms with Crippen LogP contribution in [0.25, 0.3) is 0 Å². The maximum atomic E-state index is 9.14. The van der Waals surface area contributed by atoms with Gasteiger partial charge in [0, 0.05) is 5.16 Å². The Morgan fingerprint density at radius 1 is 1.57 bits per heavy atom. The Morgan fingerprint density at radius 3 is 1.71 bits per heavy atom. The van der Waals surface area contributed by atoms with E-state index in [0.29, 0.717) is 0 Å². The topological polar surface area (TPSA) is 20.2 Å². The Kier molecular flexibility index (Phi) is 0.817. The number of hydrogen-bond acceptors (Lipinski definition) is 1. The summed E-state index contributed by atoms with van der Waals surface area (Å²) in [7, 11) is 2.65. The Hall–Kier alpha value is 0.390. The van der Waals surface area contributed by atoms with Gasteiger partial charge in [-0.05, 0) is 13.3 Å². The average molecular weight is 118 g/mol. The summed E-state index contributed by atoms with van der Waals surface area (Å²) in [6.45, 7) is 3.90. The molecular formula is C5H11OP. The molecular weight excluding hydrogens is 107 g/mol. The Morgan fingerprint density at radius 2 is 1.71 bits per heavy atom. The van der Waals surface area contributed by atoms with Crippen molar-refractivity contribution in [1.29, 1.82) is 0 Å². The van der Waals surface area contributed by atoms with E-state index in [1.807, 2.05) is 13.8 Å². The van der Waals surface area contributed by atoms with Crippen LogP contribution in [0.4, 0.5) is 0 Å². The van der Waals surface area contributed by atoms with Gasteiger partial charge in [0.2, 0.25) is 0 Å². The monoisotopic (exact) mass is 118 g/mol. The van der Waals surface area contributed by atoms with E-state index < -0.39 is 5.60 Å². The fraction of sp³-hybridized carbons (Fsp3) is 1.00. The van der Waals surface area contributed by atoms with E-state index in [9.17, 15) is 0 Å². The fourth-order valence-electron chi connectivity index (χ4n) is 0.671. The highest BCUT2D eigenvalue weighted by Gasteiger charge is 2.56. The summed E-state index contributed by atoms with van der Waals surface area (Å²) in [4.78, 5) is 0. The Balaban J connectivity index is 2.59. The highest BCUT2D eigenvalue weighted by Crippen LogP contribution is 2.54. The zero-order chi connectivity index (χ0) is 5.71. The zero-order valence-electron chi connectivity index (χ0n) is 4.73. The van der Waals surface area contributed by atoms with Crippen molar-refractivity contribution in [3.8, 4) is 0 Å². The number of rotatable bonds is 0. The highest BCUT2D eigenvalue weighted by molar-refractivity contribution is 7.19. The summed E-state index contributed by atoms with van der Waals surface area (Å²) < 4.78 is 0. The van der Waals surface area contributed by atoms with Crippen LogP contribution in [0, 0.1) is 0 Å². The molecule has 0 saturated heterocycles. The lowest BCUT2D eigenvalue weighted by molar-refractivity contribution is 0.161. The van der Waals surface area contributed by atoms with E-state index in [-0.39, 0.29) is 5.16 Å². The summed E-state index contributed by atoms with van der Waals surface area (Å²) in [5.74, 6) is 0. The fourth-order valence-corrected chi connectivity index (χ4v) is 1.07. The minimum atomic E-state index is -0.391. The molecule has 0 aromatic heterocycles. The molecule has 1 N–H and O–H groups in total. The first kappa shape index (κ1) is 5.53. The summed E-state index contributed by atoms with van der Waals surface area (Å²) in [6.07, 6.45) is 0.921. The quantitative estimate of drug-likeness (QED) is 0.466. The lowest BCUT2D eigenvalue weighted by atomic mass is 10.3. The van der Waals surface area contributed by atoms with E-state index in [4.69, 9.17) is 5.11 Å². The van der Waals surface area contributed by atoms with E-state index in [0.717, 1.165) is 6.42 Å². The van der Waals surface area contributed by atoms with Gasteiger partial charge in [0.15, 0.2) is 0 Å².